The summed E-state index contributed by atoms with van der Waals surface area (Å²) in [6, 6.07) is 5.03. The summed E-state index contributed by atoms with van der Waals surface area (Å²) in [5.74, 6) is 0.673. The van der Waals surface area contributed by atoms with Gasteiger partial charge in [0.1, 0.15) is 11.6 Å². The van der Waals surface area contributed by atoms with Crippen molar-refractivity contribution in [3.8, 4) is 0 Å². The lowest BCUT2D eigenvalue weighted by atomic mass is 10.3. The lowest BCUT2D eigenvalue weighted by Crippen LogP contribution is -2.21. The Morgan fingerprint density at radius 3 is 2.89 bits per heavy atom. The second-order valence-corrected chi connectivity index (χ2v) is 4.79. The summed E-state index contributed by atoms with van der Waals surface area (Å²) in [6.45, 7) is 6.28. The number of benzene rings is 1. The SMILES string of the molecule is COCCNCc1nc2cc(F)ccc2n1C(C)C. The van der Waals surface area contributed by atoms with E-state index < -0.39 is 0 Å². The molecule has 0 radical (unpaired) electrons. The summed E-state index contributed by atoms with van der Waals surface area (Å²) < 4.78 is 20.4. The molecule has 0 spiro atoms. The molecule has 104 valence electrons. The van der Waals surface area contributed by atoms with E-state index >= 15 is 0 Å². The fraction of sp³-hybridized carbons (Fsp3) is 0.500. The maximum Gasteiger partial charge on any atom is 0.125 e. The summed E-state index contributed by atoms with van der Waals surface area (Å²) in [4.78, 5) is 4.51. The Kier molecular flexibility index (Phi) is 4.50. The average Bonchev–Trinajstić information content (AvgIpc) is 2.72. The van der Waals surface area contributed by atoms with Gasteiger partial charge in [-0.3, -0.25) is 0 Å². The molecule has 0 saturated carbocycles. The van der Waals surface area contributed by atoms with Crippen molar-refractivity contribution in [2.24, 2.45) is 0 Å². The van der Waals surface area contributed by atoms with E-state index in [-0.39, 0.29) is 11.9 Å². The summed E-state index contributed by atoms with van der Waals surface area (Å²) in [5.41, 5.74) is 1.68. The molecule has 2 rings (SSSR count). The van der Waals surface area contributed by atoms with Crippen LogP contribution in [0.1, 0.15) is 25.7 Å². The van der Waals surface area contributed by atoms with Crippen LogP contribution in [0.5, 0.6) is 0 Å². The fourth-order valence-electron chi connectivity index (χ4n) is 2.20. The molecule has 1 aromatic heterocycles. The van der Waals surface area contributed by atoms with Crippen LogP contribution >= 0.6 is 0 Å². The van der Waals surface area contributed by atoms with Crippen LogP contribution < -0.4 is 5.32 Å². The first kappa shape index (κ1) is 14.0. The Morgan fingerprint density at radius 1 is 1.42 bits per heavy atom. The van der Waals surface area contributed by atoms with E-state index in [0.29, 0.717) is 18.7 Å². The molecule has 0 aliphatic rings. The molecular formula is C14H20FN3O. The van der Waals surface area contributed by atoms with Crippen molar-refractivity contribution in [2.75, 3.05) is 20.3 Å². The predicted molar refractivity (Wildman–Crippen MR) is 73.7 cm³/mol. The quantitative estimate of drug-likeness (QED) is 0.816. The van der Waals surface area contributed by atoms with Gasteiger partial charge in [-0.05, 0) is 26.0 Å². The van der Waals surface area contributed by atoms with Gasteiger partial charge in [0.25, 0.3) is 0 Å². The van der Waals surface area contributed by atoms with Crippen LogP contribution in [-0.2, 0) is 11.3 Å². The molecular weight excluding hydrogens is 245 g/mol. The number of hydrogen-bond acceptors (Lipinski definition) is 3. The van der Waals surface area contributed by atoms with Gasteiger partial charge < -0.3 is 14.6 Å². The Hall–Kier alpha value is -1.46. The highest BCUT2D eigenvalue weighted by Gasteiger charge is 2.13. The van der Waals surface area contributed by atoms with Gasteiger partial charge in [-0.1, -0.05) is 0 Å². The zero-order valence-electron chi connectivity index (χ0n) is 11.6. The number of aromatic nitrogens is 2. The van der Waals surface area contributed by atoms with E-state index in [0.717, 1.165) is 17.9 Å². The summed E-state index contributed by atoms with van der Waals surface area (Å²) in [7, 11) is 1.67. The minimum absolute atomic E-state index is 0.250. The topological polar surface area (TPSA) is 39.1 Å². The molecule has 0 saturated heterocycles. The lowest BCUT2D eigenvalue weighted by Gasteiger charge is -2.13. The molecule has 0 aliphatic carbocycles. The normalized spacial score (nSPS) is 11.6. The number of fused-ring (bicyclic) bond motifs is 1. The molecule has 0 unspecified atom stereocenters. The molecule has 5 heteroatoms. The molecule has 1 aromatic carbocycles. The molecule has 1 heterocycles. The van der Waals surface area contributed by atoms with Gasteiger partial charge in [-0.25, -0.2) is 9.37 Å². The van der Waals surface area contributed by atoms with Crippen LogP contribution in [0.15, 0.2) is 18.2 Å². The Morgan fingerprint density at radius 2 is 2.21 bits per heavy atom. The van der Waals surface area contributed by atoms with Crippen LogP contribution in [-0.4, -0.2) is 29.8 Å². The van der Waals surface area contributed by atoms with Crippen molar-refractivity contribution >= 4 is 11.0 Å². The number of ether oxygens (including phenoxy) is 1. The van der Waals surface area contributed by atoms with Gasteiger partial charge in [0, 0.05) is 25.8 Å². The van der Waals surface area contributed by atoms with E-state index in [4.69, 9.17) is 4.74 Å². The molecule has 2 aromatic rings. The minimum atomic E-state index is -0.250. The third-order valence-electron chi connectivity index (χ3n) is 3.01. The second-order valence-electron chi connectivity index (χ2n) is 4.79. The van der Waals surface area contributed by atoms with Crippen molar-refractivity contribution in [3.05, 3.63) is 29.8 Å². The number of halogens is 1. The van der Waals surface area contributed by atoms with Gasteiger partial charge in [0.15, 0.2) is 0 Å². The van der Waals surface area contributed by atoms with E-state index in [9.17, 15) is 4.39 Å². The third-order valence-corrected chi connectivity index (χ3v) is 3.01. The monoisotopic (exact) mass is 265 g/mol. The largest absolute Gasteiger partial charge is 0.383 e. The number of nitrogens with zero attached hydrogens (tertiary/aromatic N) is 2. The maximum atomic E-state index is 13.2. The molecule has 4 nitrogen and oxygen atoms in total. The second kappa shape index (κ2) is 6.12. The number of methoxy groups -OCH3 is 1. The minimum Gasteiger partial charge on any atom is -0.383 e. The van der Waals surface area contributed by atoms with Crippen LogP contribution in [0.4, 0.5) is 4.39 Å². The van der Waals surface area contributed by atoms with E-state index in [1.54, 1.807) is 13.2 Å². The summed E-state index contributed by atoms with van der Waals surface area (Å²) in [6.07, 6.45) is 0. The number of hydrogen-bond donors (Lipinski definition) is 1. The first-order valence-corrected chi connectivity index (χ1v) is 6.49. The predicted octanol–water partition coefficient (Wildman–Crippen LogP) is 2.49. The van der Waals surface area contributed by atoms with Gasteiger partial charge >= 0.3 is 0 Å². The maximum absolute atomic E-state index is 13.2. The molecule has 0 fully saturated rings. The van der Waals surface area contributed by atoms with E-state index in [1.165, 1.54) is 12.1 Å². The molecule has 0 aliphatic heterocycles. The molecule has 1 N–H and O–H groups in total. The molecule has 19 heavy (non-hydrogen) atoms. The van der Waals surface area contributed by atoms with Crippen molar-refractivity contribution < 1.29 is 9.13 Å². The molecule has 0 bridgehead atoms. The highest BCUT2D eigenvalue weighted by Crippen LogP contribution is 2.21. The van der Waals surface area contributed by atoms with Gasteiger partial charge in [-0.2, -0.15) is 0 Å². The van der Waals surface area contributed by atoms with Crippen molar-refractivity contribution in [1.82, 2.24) is 14.9 Å². The Balaban J connectivity index is 2.28. The Labute approximate surface area is 112 Å². The van der Waals surface area contributed by atoms with E-state index in [2.05, 4.69) is 28.7 Å². The van der Waals surface area contributed by atoms with Crippen LogP contribution in [0.2, 0.25) is 0 Å². The lowest BCUT2D eigenvalue weighted by molar-refractivity contribution is 0.198. The number of nitrogens with one attached hydrogen (secondary N) is 1. The van der Waals surface area contributed by atoms with Crippen LogP contribution in [0, 0.1) is 5.82 Å². The Bertz CT molecular complexity index is 551. The van der Waals surface area contributed by atoms with Crippen molar-refractivity contribution in [1.29, 1.82) is 0 Å². The first-order valence-electron chi connectivity index (χ1n) is 6.49. The standard InChI is InChI=1S/C14H20FN3O/c1-10(2)18-13-5-4-11(15)8-12(13)17-14(18)9-16-6-7-19-3/h4-5,8,10,16H,6-7,9H2,1-3H3. The van der Waals surface area contributed by atoms with Crippen molar-refractivity contribution in [3.63, 3.8) is 0 Å². The van der Waals surface area contributed by atoms with Crippen LogP contribution in [0.3, 0.4) is 0 Å². The van der Waals surface area contributed by atoms with Gasteiger partial charge in [0.05, 0.1) is 24.2 Å². The first-order chi connectivity index (χ1) is 9.13. The highest BCUT2D eigenvalue weighted by atomic mass is 19.1. The molecule has 0 atom stereocenters. The van der Waals surface area contributed by atoms with Crippen LogP contribution in [0.25, 0.3) is 11.0 Å². The molecule has 0 amide bonds. The smallest absolute Gasteiger partial charge is 0.125 e. The van der Waals surface area contributed by atoms with E-state index in [1.807, 2.05) is 0 Å². The van der Waals surface area contributed by atoms with Gasteiger partial charge in [-0.15, -0.1) is 0 Å². The average molecular weight is 265 g/mol. The van der Waals surface area contributed by atoms with Crippen molar-refractivity contribution in [2.45, 2.75) is 26.4 Å². The fourth-order valence-corrected chi connectivity index (χ4v) is 2.20. The number of imidazole rings is 1. The zero-order chi connectivity index (χ0) is 13.8. The third kappa shape index (κ3) is 3.11. The summed E-state index contributed by atoms with van der Waals surface area (Å²) in [5, 5.41) is 3.27. The van der Waals surface area contributed by atoms with Gasteiger partial charge in [0.2, 0.25) is 0 Å². The number of rotatable bonds is 6. The summed E-state index contributed by atoms with van der Waals surface area (Å²) >= 11 is 0. The highest BCUT2D eigenvalue weighted by molar-refractivity contribution is 5.76. The zero-order valence-corrected chi connectivity index (χ0v) is 11.6.